The molecule has 1 aromatic rings. The maximum absolute atomic E-state index is 6.01. The van der Waals surface area contributed by atoms with Crippen molar-refractivity contribution in [3.8, 4) is 0 Å². The third-order valence-corrected chi connectivity index (χ3v) is 4.16. The topological polar surface area (TPSA) is 12.0 Å². The molecule has 1 unspecified atom stereocenters. The first-order chi connectivity index (χ1) is 6.72. The monoisotopic (exact) mass is 295 g/mol. The van der Waals surface area contributed by atoms with Crippen LogP contribution in [0.3, 0.4) is 0 Å². The Morgan fingerprint density at radius 2 is 2.36 bits per heavy atom. The number of rotatable bonds is 6. The summed E-state index contributed by atoms with van der Waals surface area (Å²) in [5, 5.41) is 3.70. The number of thiophene rings is 1. The third kappa shape index (κ3) is 4.78. The Labute approximate surface area is 103 Å². The van der Waals surface area contributed by atoms with Crippen molar-refractivity contribution in [1.82, 2.24) is 5.32 Å². The lowest BCUT2D eigenvalue weighted by molar-refractivity contribution is 0.625. The van der Waals surface area contributed by atoms with E-state index in [9.17, 15) is 0 Å². The fourth-order valence-electron chi connectivity index (χ4n) is 1.12. The van der Waals surface area contributed by atoms with Crippen LogP contribution in [-0.2, 0) is 6.54 Å². The highest BCUT2D eigenvalue weighted by Gasteiger charge is 2.01. The predicted molar refractivity (Wildman–Crippen MR) is 68.3 cm³/mol. The first-order valence-electron chi connectivity index (χ1n) is 4.81. The van der Waals surface area contributed by atoms with Gasteiger partial charge in [0, 0.05) is 16.8 Å². The van der Waals surface area contributed by atoms with Gasteiger partial charge < -0.3 is 5.32 Å². The van der Waals surface area contributed by atoms with Gasteiger partial charge in [0.1, 0.15) is 0 Å². The van der Waals surface area contributed by atoms with Gasteiger partial charge in [-0.2, -0.15) is 0 Å². The van der Waals surface area contributed by atoms with E-state index in [-0.39, 0.29) is 0 Å². The van der Waals surface area contributed by atoms with Gasteiger partial charge in [-0.1, -0.05) is 6.92 Å². The molecule has 80 valence electrons. The van der Waals surface area contributed by atoms with Crippen molar-refractivity contribution in [3.63, 3.8) is 0 Å². The predicted octanol–water partition coefficient (Wildman–Crippen LogP) is 4.01. The molecule has 14 heavy (non-hydrogen) atoms. The zero-order chi connectivity index (χ0) is 10.4. The van der Waals surface area contributed by atoms with Crippen LogP contribution in [0.5, 0.6) is 0 Å². The van der Waals surface area contributed by atoms with Gasteiger partial charge in [0.15, 0.2) is 0 Å². The van der Waals surface area contributed by atoms with E-state index >= 15 is 0 Å². The summed E-state index contributed by atoms with van der Waals surface area (Å²) in [5.74, 6) is 0. The average molecular weight is 297 g/mol. The Bertz CT molecular complexity index is 264. The molecule has 1 atom stereocenters. The van der Waals surface area contributed by atoms with Gasteiger partial charge in [-0.15, -0.1) is 22.9 Å². The van der Waals surface area contributed by atoms with Crippen LogP contribution in [0.1, 0.15) is 24.6 Å². The minimum atomic E-state index is 0.317. The summed E-state index contributed by atoms with van der Waals surface area (Å²) in [6, 6.07) is 4.22. The van der Waals surface area contributed by atoms with Crippen LogP contribution >= 0.6 is 38.9 Å². The van der Waals surface area contributed by atoms with E-state index < -0.39 is 0 Å². The number of nitrogens with one attached hydrogen (secondary N) is 1. The first kappa shape index (κ1) is 12.5. The van der Waals surface area contributed by atoms with E-state index in [0.29, 0.717) is 5.38 Å². The molecule has 1 N–H and O–H groups in total. The number of hydrogen-bond acceptors (Lipinski definition) is 2. The van der Waals surface area contributed by atoms with E-state index in [1.807, 2.05) is 0 Å². The van der Waals surface area contributed by atoms with E-state index in [2.05, 4.69) is 40.3 Å². The maximum Gasteiger partial charge on any atom is 0.0701 e. The van der Waals surface area contributed by atoms with Crippen LogP contribution in [0, 0.1) is 0 Å². The van der Waals surface area contributed by atoms with E-state index in [4.69, 9.17) is 11.6 Å². The quantitative estimate of drug-likeness (QED) is 0.618. The minimum absolute atomic E-state index is 0.317. The van der Waals surface area contributed by atoms with Crippen LogP contribution in [0.2, 0.25) is 0 Å². The summed E-state index contributed by atoms with van der Waals surface area (Å²) in [6.07, 6.45) is 2.10. The number of halogens is 2. The van der Waals surface area contributed by atoms with Crippen molar-refractivity contribution in [2.45, 2.75) is 31.7 Å². The Kier molecular flexibility index (Phi) is 6.10. The molecule has 1 rings (SSSR count). The smallest absolute Gasteiger partial charge is 0.0701 e. The van der Waals surface area contributed by atoms with Crippen molar-refractivity contribution in [3.05, 3.63) is 20.8 Å². The van der Waals surface area contributed by atoms with Crippen LogP contribution < -0.4 is 5.32 Å². The standard InChI is InChI=1S/C10H15BrClNS/c1-2-8(12)5-6-13-7-9-3-4-10(11)14-9/h3-4,8,13H,2,5-7H2,1H3. The van der Waals surface area contributed by atoms with E-state index in [1.54, 1.807) is 11.3 Å². The summed E-state index contributed by atoms with van der Waals surface area (Å²) < 4.78 is 1.19. The molecule has 0 fully saturated rings. The number of alkyl halides is 1. The van der Waals surface area contributed by atoms with Crippen molar-refractivity contribution >= 4 is 38.9 Å². The summed E-state index contributed by atoms with van der Waals surface area (Å²) >= 11 is 11.2. The molecule has 1 aromatic heterocycles. The second-order valence-electron chi connectivity index (χ2n) is 3.18. The molecule has 1 nitrogen and oxygen atoms in total. The van der Waals surface area contributed by atoms with Crippen molar-refractivity contribution in [2.24, 2.45) is 0 Å². The average Bonchev–Trinajstić information content (AvgIpc) is 2.58. The van der Waals surface area contributed by atoms with Gasteiger partial charge in [0.05, 0.1) is 3.79 Å². The summed E-state index contributed by atoms with van der Waals surface area (Å²) in [6.45, 7) is 4.06. The fraction of sp³-hybridized carbons (Fsp3) is 0.600. The molecule has 0 aliphatic carbocycles. The molecule has 4 heteroatoms. The molecule has 0 amide bonds. The van der Waals surface area contributed by atoms with Gasteiger partial charge in [0.2, 0.25) is 0 Å². The van der Waals surface area contributed by atoms with Gasteiger partial charge in [-0.05, 0) is 47.4 Å². The van der Waals surface area contributed by atoms with Gasteiger partial charge in [0.25, 0.3) is 0 Å². The highest BCUT2D eigenvalue weighted by molar-refractivity contribution is 9.11. The summed E-state index contributed by atoms with van der Waals surface area (Å²) in [4.78, 5) is 1.36. The zero-order valence-corrected chi connectivity index (χ0v) is 11.4. The largest absolute Gasteiger partial charge is 0.312 e. The second-order valence-corrected chi connectivity index (χ2v) is 6.34. The Balaban J connectivity index is 2.10. The molecule has 0 aromatic carbocycles. The van der Waals surface area contributed by atoms with Gasteiger partial charge in [-0.25, -0.2) is 0 Å². The molecule has 0 aliphatic rings. The van der Waals surface area contributed by atoms with Crippen molar-refractivity contribution in [1.29, 1.82) is 0 Å². The van der Waals surface area contributed by atoms with Crippen molar-refractivity contribution < 1.29 is 0 Å². The maximum atomic E-state index is 6.01. The van der Waals surface area contributed by atoms with E-state index in [0.717, 1.165) is 25.9 Å². The Hall–Kier alpha value is 0.430. The minimum Gasteiger partial charge on any atom is -0.312 e. The molecular formula is C10H15BrClNS. The van der Waals surface area contributed by atoms with Crippen LogP contribution in [0.15, 0.2) is 15.9 Å². The summed E-state index contributed by atoms with van der Waals surface area (Å²) in [5.41, 5.74) is 0. The SMILES string of the molecule is CCC(Cl)CCNCc1ccc(Br)s1. The fourth-order valence-corrected chi connectivity index (χ4v) is 2.68. The molecule has 0 aliphatic heterocycles. The molecule has 0 saturated heterocycles. The van der Waals surface area contributed by atoms with Crippen LogP contribution in [-0.4, -0.2) is 11.9 Å². The highest BCUT2D eigenvalue weighted by atomic mass is 79.9. The van der Waals surface area contributed by atoms with Crippen LogP contribution in [0.25, 0.3) is 0 Å². The third-order valence-electron chi connectivity index (χ3n) is 2.01. The molecule has 1 heterocycles. The zero-order valence-electron chi connectivity index (χ0n) is 8.22. The summed E-state index contributed by atoms with van der Waals surface area (Å²) in [7, 11) is 0. The highest BCUT2D eigenvalue weighted by Crippen LogP contribution is 2.21. The lowest BCUT2D eigenvalue weighted by Gasteiger charge is -2.06. The lowest BCUT2D eigenvalue weighted by Crippen LogP contribution is -2.17. The Morgan fingerprint density at radius 1 is 1.57 bits per heavy atom. The van der Waals surface area contributed by atoms with Crippen molar-refractivity contribution in [2.75, 3.05) is 6.54 Å². The molecule has 0 saturated carbocycles. The second kappa shape index (κ2) is 6.83. The van der Waals surface area contributed by atoms with Gasteiger partial charge >= 0.3 is 0 Å². The van der Waals surface area contributed by atoms with Gasteiger partial charge in [-0.3, -0.25) is 0 Å². The molecule has 0 spiro atoms. The molecular weight excluding hydrogens is 282 g/mol. The first-order valence-corrected chi connectivity index (χ1v) is 6.86. The Morgan fingerprint density at radius 3 is 2.93 bits per heavy atom. The molecule has 0 radical (unpaired) electrons. The van der Waals surface area contributed by atoms with Crippen LogP contribution in [0.4, 0.5) is 0 Å². The molecule has 0 bridgehead atoms. The normalized spacial score (nSPS) is 13.1. The lowest BCUT2D eigenvalue weighted by atomic mass is 10.2. The number of hydrogen-bond donors (Lipinski definition) is 1. The van der Waals surface area contributed by atoms with E-state index in [1.165, 1.54) is 8.66 Å².